The Bertz CT molecular complexity index is 581. The summed E-state index contributed by atoms with van der Waals surface area (Å²) in [5, 5.41) is 0. The van der Waals surface area contributed by atoms with Gasteiger partial charge in [-0.1, -0.05) is 32.0 Å². The van der Waals surface area contributed by atoms with E-state index in [9.17, 15) is 18.0 Å². The smallest absolute Gasteiger partial charge is 0.339 e. The van der Waals surface area contributed by atoms with E-state index in [0.29, 0.717) is 50.6 Å². The van der Waals surface area contributed by atoms with Crippen LogP contribution in [0.1, 0.15) is 31.4 Å². The molecule has 2 rings (SSSR count). The summed E-state index contributed by atoms with van der Waals surface area (Å²) in [6.45, 7) is 6.89. The van der Waals surface area contributed by atoms with E-state index in [2.05, 4.69) is 4.90 Å². The van der Waals surface area contributed by atoms with Crippen LogP contribution >= 0.6 is 0 Å². The molecule has 0 bridgehead atoms. The minimum atomic E-state index is -4.33. The van der Waals surface area contributed by atoms with E-state index in [0.717, 1.165) is 6.07 Å². The van der Waals surface area contributed by atoms with Gasteiger partial charge in [0.25, 0.3) is 0 Å². The highest BCUT2D eigenvalue weighted by Crippen LogP contribution is 2.29. The van der Waals surface area contributed by atoms with Crippen molar-refractivity contribution >= 4 is 5.91 Å². The Morgan fingerprint density at radius 1 is 1.20 bits per heavy atom. The number of carbonyl (C=O) groups excluding carboxylic acids is 1. The van der Waals surface area contributed by atoms with E-state index in [1.165, 1.54) is 12.1 Å². The van der Waals surface area contributed by atoms with Crippen molar-refractivity contribution in [3.05, 3.63) is 35.4 Å². The molecule has 4 nitrogen and oxygen atoms in total. The molecule has 1 aliphatic heterocycles. The van der Waals surface area contributed by atoms with E-state index in [-0.39, 0.29) is 5.91 Å². The summed E-state index contributed by atoms with van der Waals surface area (Å²) in [4.78, 5) is 16.1. The predicted octanol–water partition coefficient (Wildman–Crippen LogP) is 2.72. The van der Waals surface area contributed by atoms with Crippen molar-refractivity contribution in [2.45, 2.75) is 39.0 Å². The van der Waals surface area contributed by atoms with Crippen molar-refractivity contribution in [2.75, 3.05) is 26.2 Å². The fraction of sp³-hybridized carbons (Fsp3) is 0.611. The normalized spacial score (nSPS) is 17.8. The Morgan fingerprint density at radius 3 is 2.40 bits per heavy atom. The average molecular weight is 357 g/mol. The van der Waals surface area contributed by atoms with Crippen molar-refractivity contribution < 1.29 is 18.0 Å². The first kappa shape index (κ1) is 19.7. The van der Waals surface area contributed by atoms with Crippen LogP contribution in [0.2, 0.25) is 0 Å². The van der Waals surface area contributed by atoms with Gasteiger partial charge >= 0.3 is 6.18 Å². The third-order valence-corrected chi connectivity index (χ3v) is 4.39. The molecule has 0 spiro atoms. The Labute approximate surface area is 146 Å². The van der Waals surface area contributed by atoms with Gasteiger partial charge in [0.15, 0.2) is 0 Å². The molecule has 1 amide bonds. The van der Waals surface area contributed by atoms with Crippen LogP contribution < -0.4 is 5.73 Å². The number of hydrogen-bond donors (Lipinski definition) is 1. The molecule has 1 aromatic carbocycles. The van der Waals surface area contributed by atoms with Gasteiger partial charge in [-0.2, -0.15) is 13.2 Å². The summed E-state index contributed by atoms with van der Waals surface area (Å²) in [7, 11) is 0. The number of piperazine rings is 1. The zero-order valence-corrected chi connectivity index (χ0v) is 14.7. The Kier molecular flexibility index (Phi) is 6.46. The molecular formula is C18H26F3N3O. The van der Waals surface area contributed by atoms with Crippen molar-refractivity contribution in [3.63, 3.8) is 0 Å². The maximum absolute atomic E-state index is 12.8. The highest BCUT2D eigenvalue weighted by Gasteiger charge is 2.31. The summed E-state index contributed by atoms with van der Waals surface area (Å²) < 4.78 is 38.3. The van der Waals surface area contributed by atoms with Crippen LogP contribution in [0.3, 0.4) is 0 Å². The number of hydrogen-bond acceptors (Lipinski definition) is 3. The minimum absolute atomic E-state index is 0.0348. The molecule has 0 aliphatic carbocycles. The molecule has 1 heterocycles. The maximum atomic E-state index is 12.8. The molecule has 0 unspecified atom stereocenters. The molecule has 140 valence electrons. The second-order valence-corrected chi connectivity index (χ2v) is 7.04. The number of carbonyl (C=O) groups is 1. The molecule has 25 heavy (non-hydrogen) atoms. The molecule has 1 fully saturated rings. The predicted molar refractivity (Wildman–Crippen MR) is 90.7 cm³/mol. The van der Waals surface area contributed by atoms with Crippen molar-refractivity contribution in [1.82, 2.24) is 9.80 Å². The van der Waals surface area contributed by atoms with Crippen LogP contribution in [0, 0.1) is 5.92 Å². The fourth-order valence-corrected chi connectivity index (χ4v) is 3.07. The first-order chi connectivity index (χ1) is 11.7. The third-order valence-electron chi connectivity index (χ3n) is 4.39. The standard InChI is InChI=1S/C18H26F3N3O/c1-13(2)10-16(22)17(25)24-8-6-23(7-9-24)12-14-4-3-5-15(11-14)18(19,20)21/h3-5,11,13,16H,6-10,12,22H2,1-2H3/t16-/m0/s1. The fourth-order valence-electron chi connectivity index (χ4n) is 3.07. The molecule has 1 atom stereocenters. The average Bonchev–Trinajstić information content (AvgIpc) is 2.54. The molecule has 7 heteroatoms. The van der Waals surface area contributed by atoms with Crippen LogP contribution in [0.15, 0.2) is 24.3 Å². The van der Waals surface area contributed by atoms with Crippen molar-refractivity contribution in [1.29, 1.82) is 0 Å². The van der Waals surface area contributed by atoms with E-state index in [4.69, 9.17) is 5.73 Å². The first-order valence-corrected chi connectivity index (χ1v) is 8.59. The Hall–Kier alpha value is -1.60. The summed E-state index contributed by atoms with van der Waals surface area (Å²) in [5.74, 6) is 0.327. The van der Waals surface area contributed by atoms with Crippen LogP contribution in [-0.4, -0.2) is 47.9 Å². The van der Waals surface area contributed by atoms with E-state index >= 15 is 0 Å². The van der Waals surface area contributed by atoms with Crippen LogP contribution in [0.5, 0.6) is 0 Å². The Balaban J connectivity index is 1.87. The molecule has 0 radical (unpaired) electrons. The quantitative estimate of drug-likeness (QED) is 0.882. The van der Waals surface area contributed by atoms with Crippen molar-refractivity contribution in [2.24, 2.45) is 11.7 Å². The van der Waals surface area contributed by atoms with Gasteiger partial charge in [0.05, 0.1) is 11.6 Å². The summed E-state index contributed by atoms with van der Waals surface area (Å²) in [6, 6.07) is 4.93. The number of alkyl halides is 3. The Morgan fingerprint density at radius 2 is 1.84 bits per heavy atom. The molecule has 1 aromatic rings. The lowest BCUT2D eigenvalue weighted by atomic mass is 10.0. The second kappa shape index (κ2) is 8.19. The lowest BCUT2D eigenvalue weighted by Gasteiger charge is -2.36. The largest absolute Gasteiger partial charge is 0.416 e. The summed E-state index contributed by atoms with van der Waals surface area (Å²) in [5.41, 5.74) is 5.96. The topological polar surface area (TPSA) is 49.6 Å². The van der Waals surface area contributed by atoms with E-state index < -0.39 is 17.8 Å². The second-order valence-electron chi connectivity index (χ2n) is 7.04. The molecule has 0 aromatic heterocycles. The molecule has 1 saturated heterocycles. The van der Waals surface area contributed by atoms with Crippen molar-refractivity contribution in [3.8, 4) is 0 Å². The minimum Gasteiger partial charge on any atom is -0.339 e. The lowest BCUT2D eigenvalue weighted by molar-refractivity contribution is -0.138. The first-order valence-electron chi connectivity index (χ1n) is 8.59. The third kappa shape index (κ3) is 5.71. The van der Waals surface area contributed by atoms with Gasteiger partial charge in [-0.25, -0.2) is 0 Å². The maximum Gasteiger partial charge on any atom is 0.416 e. The number of halogens is 3. The number of nitrogens with zero attached hydrogens (tertiary/aromatic N) is 2. The van der Waals surface area contributed by atoms with Crippen LogP contribution in [0.4, 0.5) is 13.2 Å². The molecular weight excluding hydrogens is 331 g/mol. The number of benzene rings is 1. The number of nitrogens with two attached hydrogens (primary N) is 1. The number of rotatable bonds is 5. The van der Waals surface area contributed by atoms with Crippen LogP contribution in [-0.2, 0) is 17.5 Å². The van der Waals surface area contributed by atoms with Gasteiger partial charge in [0.1, 0.15) is 0 Å². The highest BCUT2D eigenvalue weighted by atomic mass is 19.4. The zero-order valence-electron chi connectivity index (χ0n) is 14.7. The number of amides is 1. The summed E-state index contributed by atoms with van der Waals surface area (Å²) in [6.07, 6.45) is -3.67. The van der Waals surface area contributed by atoms with Gasteiger partial charge in [-0.3, -0.25) is 9.69 Å². The SMILES string of the molecule is CC(C)C[C@H](N)C(=O)N1CCN(Cc2cccc(C(F)(F)F)c2)CC1. The molecule has 2 N–H and O–H groups in total. The van der Waals surface area contributed by atoms with E-state index in [1.54, 1.807) is 11.0 Å². The van der Waals surface area contributed by atoms with Crippen LogP contribution in [0.25, 0.3) is 0 Å². The van der Waals surface area contributed by atoms with Gasteiger partial charge in [-0.05, 0) is 24.0 Å². The molecule has 1 aliphatic rings. The van der Waals surface area contributed by atoms with Gasteiger partial charge in [-0.15, -0.1) is 0 Å². The van der Waals surface area contributed by atoms with E-state index in [1.807, 2.05) is 13.8 Å². The monoisotopic (exact) mass is 357 g/mol. The highest BCUT2D eigenvalue weighted by molar-refractivity contribution is 5.81. The zero-order chi connectivity index (χ0) is 18.6. The lowest BCUT2D eigenvalue weighted by Crippen LogP contribution is -2.53. The van der Waals surface area contributed by atoms with Gasteiger partial charge in [0.2, 0.25) is 5.91 Å². The van der Waals surface area contributed by atoms with Gasteiger partial charge in [0, 0.05) is 32.7 Å². The molecule has 0 saturated carbocycles. The summed E-state index contributed by atoms with van der Waals surface area (Å²) >= 11 is 0. The van der Waals surface area contributed by atoms with Gasteiger partial charge < -0.3 is 10.6 Å².